The van der Waals surface area contributed by atoms with Crippen LogP contribution in [0.3, 0.4) is 0 Å². The molecule has 0 saturated carbocycles. The molecule has 0 unspecified atom stereocenters. The molecule has 0 spiro atoms. The molecular formula is C20H23NO3. The van der Waals surface area contributed by atoms with Crippen molar-refractivity contribution in [1.82, 2.24) is 0 Å². The SMILES string of the molecule is COc1cccc(NC(=O)[C@@H](C)Oc2cccc3c2CCCC3)c1. The summed E-state index contributed by atoms with van der Waals surface area (Å²) in [5, 5.41) is 2.87. The maximum Gasteiger partial charge on any atom is 0.265 e. The third-order valence-corrected chi connectivity index (χ3v) is 4.36. The van der Waals surface area contributed by atoms with E-state index in [4.69, 9.17) is 9.47 Å². The van der Waals surface area contributed by atoms with Gasteiger partial charge in [0.15, 0.2) is 6.10 Å². The first-order chi connectivity index (χ1) is 11.7. The highest BCUT2D eigenvalue weighted by Crippen LogP contribution is 2.30. The Kier molecular flexibility index (Phi) is 5.04. The average molecular weight is 325 g/mol. The van der Waals surface area contributed by atoms with Crippen LogP contribution in [0, 0.1) is 0 Å². The molecule has 0 fully saturated rings. The van der Waals surface area contributed by atoms with Gasteiger partial charge in [-0.05, 0) is 61.9 Å². The van der Waals surface area contributed by atoms with Gasteiger partial charge in [0.05, 0.1) is 7.11 Å². The zero-order chi connectivity index (χ0) is 16.9. The molecule has 0 aliphatic heterocycles. The number of hydrogen-bond donors (Lipinski definition) is 1. The number of amides is 1. The van der Waals surface area contributed by atoms with Crippen LogP contribution >= 0.6 is 0 Å². The van der Waals surface area contributed by atoms with E-state index >= 15 is 0 Å². The molecule has 1 N–H and O–H groups in total. The summed E-state index contributed by atoms with van der Waals surface area (Å²) in [5.41, 5.74) is 3.30. The number of ether oxygens (including phenoxy) is 2. The van der Waals surface area contributed by atoms with Gasteiger partial charge in [-0.25, -0.2) is 0 Å². The molecule has 4 heteroatoms. The molecule has 2 aromatic rings. The number of carbonyl (C=O) groups excluding carboxylic acids is 1. The van der Waals surface area contributed by atoms with E-state index in [2.05, 4.69) is 11.4 Å². The second-order valence-electron chi connectivity index (χ2n) is 6.08. The summed E-state index contributed by atoms with van der Waals surface area (Å²) in [4.78, 5) is 12.4. The Morgan fingerprint density at radius 1 is 1.12 bits per heavy atom. The fourth-order valence-electron chi connectivity index (χ4n) is 3.05. The van der Waals surface area contributed by atoms with Gasteiger partial charge in [-0.2, -0.15) is 0 Å². The van der Waals surface area contributed by atoms with Crippen LogP contribution in [0.5, 0.6) is 11.5 Å². The van der Waals surface area contributed by atoms with Gasteiger partial charge in [-0.1, -0.05) is 18.2 Å². The normalized spacial score (nSPS) is 14.4. The smallest absolute Gasteiger partial charge is 0.265 e. The molecule has 0 saturated heterocycles. The van der Waals surface area contributed by atoms with Gasteiger partial charge in [0.25, 0.3) is 5.91 Å². The molecule has 0 heterocycles. The number of aryl methyl sites for hydroxylation is 1. The summed E-state index contributed by atoms with van der Waals surface area (Å²) in [6, 6.07) is 13.4. The molecule has 2 aromatic carbocycles. The van der Waals surface area contributed by atoms with Gasteiger partial charge in [-0.3, -0.25) is 4.79 Å². The topological polar surface area (TPSA) is 47.6 Å². The van der Waals surface area contributed by atoms with E-state index in [-0.39, 0.29) is 5.91 Å². The van der Waals surface area contributed by atoms with Crippen molar-refractivity contribution in [2.24, 2.45) is 0 Å². The number of benzene rings is 2. The Labute approximate surface area is 142 Å². The second-order valence-corrected chi connectivity index (χ2v) is 6.08. The van der Waals surface area contributed by atoms with E-state index in [9.17, 15) is 4.79 Å². The van der Waals surface area contributed by atoms with Crippen molar-refractivity contribution < 1.29 is 14.3 Å². The summed E-state index contributed by atoms with van der Waals surface area (Å²) in [6.45, 7) is 1.78. The highest BCUT2D eigenvalue weighted by molar-refractivity contribution is 5.94. The standard InChI is InChI=1S/C20H23NO3/c1-14(20(22)21-16-9-6-10-17(13-16)23-2)24-19-12-5-8-15-7-3-4-11-18(15)19/h5-6,8-10,12-14H,3-4,7,11H2,1-2H3,(H,21,22)/t14-/m1/s1. The van der Waals surface area contributed by atoms with Crippen LogP contribution < -0.4 is 14.8 Å². The van der Waals surface area contributed by atoms with Gasteiger partial charge < -0.3 is 14.8 Å². The minimum atomic E-state index is -0.565. The third kappa shape index (κ3) is 3.70. The molecule has 1 amide bonds. The number of carbonyl (C=O) groups is 1. The second kappa shape index (κ2) is 7.39. The quantitative estimate of drug-likeness (QED) is 0.904. The van der Waals surface area contributed by atoms with Crippen molar-refractivity contribution in [1.29, 1.82) is 0 Å². The lowest BCUT2D eigenvalue weighted by Gasteiger charge is -2.22. The zero-order valence-corrected chi connectivity index (χ0v) is 14.2. The molecule has 24 heavy (non-hydrogen) atoms. The number of methoxy groups -OCH3 is 1. The van der Waals surface area contributed by atoms with E-state index in [0.29, 0.717) is 11.4 Å². The molecule has 1 atom stereocenters. The zero-order valence-electron chi connectivity index (χ0n) is 14.2. The van der Waals surface area contributed by atoms with Crippen molar-refractivity contribution >= 4 is 11.6 Å². The van der Waals surface area contributed by atoms with E-state index in [1.165, 1.54) is 24.0 Å². The van der Waals surface area contributed by atoms with E-state index in [0.717, 1.165) is 18.6 Å². The molecule has 0 radical (unpaired) electrons. The van der Waals surface area contributed by atoms with Crippen LogP contribution in [0.4, 0.5) is 5.69 Å². The summed E-state index contributed by atoms with van der Waals surface area (Å²) < 4.78 is 11.1. The molecule has 1 aliphatic carbocycles. The summed E-state index contributed by atoms with van der Waals surface area (Å²) >= 11 is 0. The first-order valence-electron chi connectivity index (χ1n) is 8.39. The van der Waals surface area contributed by atoms with Crippen LogP contribution in [-0.2, 0) is 17.6 Å². The van der Waals surface area contributed by atoms with Gasteiger partial charge in [0.2, 0.25) is 0 Å². The maximum atomic E-state index is 12.4. The molecule has 0 aromatic heterocycles. The highest BCUT2D eigenvalue weighted by Gasteiger charge is 2.19. The van der Waals surface area contributed by atoms with Gasteiger partial charge in [0, 0.05) is 11.8 Å². The molecule has 1 aliphatic rings. The fourth-order valence-corrected chi connectivity index (χ4v) is 3.05. The van der Waals surface area contributed by atoms with E-state index in [1.54, 1.807) is 20.1 Å². The lowest BCUT2D eigenvalue weighted by molar-refractivity contribution is -0.122. The van der Waals surface area contributed by atoms with Crippen LogP contribution in [-0.4, -0.2) is 19.1 Å². The lowest BCUT2D eigenvalue weighted by atomic mass is 9.91. The van der Waals surface area contributed by atoms with Crippen molar-refractivity contribution in [3.63, 3.8) is 0 Å². The van der Waals surface area contributed by atoms with Crippen molar-refractivity contribution in [3.8, 4) is 11.5 Å². The first-order valence-corrected chi connectivity index (χ1v) is 8.39. The van der Waals surface area contributed by atoms with Crippen molar-refractivity contribution in [3.05, 3.63) is 53.6 Å². The van der Waals surface area contributed by atoms with E-state index < -0.39 is 6.10 Å². The van der Waals surface area contributed by atoms with E-state index in [1.807, 2.05) is 30.3 Å². The summed E-state index contributed by atoms with van der Waals surface area (Å²) in [7, 11) is 1.60. The van der Waals surface area contributed by atoms with Crippen LogP contribution in [0.25, 0.3) is 0 Å². The van der Waals surface area contributed by atoms with Crippen LogP contribution in [0.2, 0.25) is 0 Å². The Morgan fingerprint density at radius 2 is 1.92 bits per heavy atom. The van der Waals surface area contributed by atoms with Gasteiger partial charge in [-0.15, -0.1) is 0 Å². The molecular weight excluding hydrogens is 302 g/mol. The lowest BCUT2D eigenvalue weighted by Crippen LogP contribution is -2.30. The fraction of sp³-hybridized carbons (Fsp3) is 0.350. The van der Waals surface area contributed by atoms with Crippen molar-refractivity contribution in [2.75, 3.05) is 12.4 Å². The average Bonchev–Trinajstić information content (AvgIpc) is 2.62. The molecule has 0 bridgehead atoms. The largest absolute Gasteiger partial charge is 0.497 e. The highest BCUT2D eigenvalue weighted by atomic mass is 16.5. The number of rotatable bonds is 5. The third-order valence-electron chi connectivity index (χ3n) is 4.36. The Hall–Kier alpha value is -2.49. The van der Waals surface area contributed by atoms with Crippen LogP contribution in [0.1, 0.15) is 30.9 Å². The first kappa shape index (κ1) is 16.4. The predicted molar refractivity (Wildman–Crippen MR) is 94.8 cm³/mol. The summed E-state index contributed by atoms with van der Waals surface area (Å²) in [5.74, 6) is 1.37. The Balaban J connectivity index is 1.68. The molecule has 126 valence electrons. The molecule has 4 nitrogen and oxygen atoms in total. The van der Waals surface area contributed by atoms with Crippen molar-refractivity contribution in [2.45, 2.75) is 38.7 Å². The molecule has 3 rings (SSSR count). The number of anilines is 1. The number of fused-ring (bicyclic) bond motifs is 1. The number of nitrogens with one attached hydrogen (secondary N) is 1. The van der Waals surface area contributed by atoms with Gasteiger partial charge in [0.1, 0.15) is 11.5 Å². The Bertz CT molecular complexity index is 727. The predicted octanol–water partition coefficient (Wildman–Crippen LogP) is 3.98. The van der Waals surface area contributed by atoms with Crippen LogP contribution in [0.15, 0.2) is 42.5 Å². The Morgan fingerprint density at radius 3 is 2.75 bits per heavy atom. The minimum Gasteiger partial charge on any atom is -0.497 e. The summed E-state index contributed by atoms with van der Waals surface area (Å²) in [6.07, 6.45) is 3.96. The minimum absolute atomic E-state index is 0.170. The monoisotopic (exact) mass is 325 g/mol. The maximum absolute atomic E-state index is 12.4. The number of hydrogen-bond acceptors (Lipinski definition) is 3. The van der Waals surface area contributed by atoms with Gasteiger partial charge >= 0.3 is 0 Å².